The fourth-order valence-corrected chi connectivity index (χ4v) is 2.72. The van der Waals surface area contributed by atoms with Crippen molar-refractivity contribution in [3.63, 3.8) is 0 Å². The van der Waals surface area contributed by atoms with Crippen molar-refractivity contribution in [2.45, 2.75) is 26.3 Å². The van der Waals surface area contributed by atoms with E-state index in [-0.39, 0.29) is 11.8 Å². The van der Waals surface area contributed by atoms with Crippen LogP contribution < -0.4 is 10.2 Å². The molecule has 0 radical (unpaired) electrons. The van der Waals surface area contributed by atoms with E-state index in [4.69, 9.17) is 0 Å². The van der Waals surface area contributed by atoms with Gasteiger partial charge in [-0.3, -0.25) is 9.59 Å². The van der Waals surface area contributed by atoms with Crippen molar-refractivity contribution >= 4 is 33.4 Å². The van der Waals surface area contributed by atoms with E-state index >= 15 is 0 Å². The van der Waals surface area contributed by atoms with Crippen molar-refractivity contribution in [3.05, 3.63) is 29.3 Å². The summed E-state index contributed by atoms with van der Waals surface area (Å²) in [5, 5.41) is 3.59. The number of nitrogens with one attached hydrogen (secondary N) is 1. The van der Waals surface area contributed by atoms with Crippen molar-refractivity contribution in [1.29, 1.82) is 0 Å². The van der Waals surface area contributed by atoms with Gasteiger partial charge in [-0.05, 0) is 18.9 Å². The minimum absolute atomic E-state index is 0.0412. The Labute approximate surface area is 121 Å². The molecule has 1 aliphatic rings. The Morgan fingerprint density at radius 1 is 1.47 bits per heavy atom. The first-order valence-electron chi connectivity index (χ1n) is 6.30. The summed E-state index contributed by atoms with van der Waals surface area (Å²) in [6.45, 7) is 4.09. The normalized spacial score (nSPS) is 17.5. The van der Waals surface area contributed by atoms with Crippen LogP contribution in [-0.4, -0.2) is 23.7 Å². The number of alkyl halides is 1. The van der Waals surface area contributed by atoms with E-state index in [1.165, 1.54) is 6.92 Å². The fraction of sp³-hybridized carbons (Fsp3) is 0.429. The van der Waals surface area contributed by atoms with Crippen LogP contribution in [-0.2, 0) is 9.59 Å². The van der Waals surface area contributed by atoms with Crippen molar-refractivity contribution in [2.24, 2.45) is 0 Å². The zero-order valence-corrected chi connectivity index (χ0v) is 12.7. The Balaban J connectivity index is 2.40. The molecule has 0 fully saturated rings. The maximum Gasteiger partial charge on any atom is 0.254 e. The van der Waals surface area contributed by atoms with Crippen molar-refractivity contribution < 1.29 is 9.59 Å². The lowest BCUT2D eigenvalue weighted by Gasteiger charge is -2.19. The Morgan fingerprint density at radius 2 is 2.21 bits per heavy atom. The lowest BCUT2D eigenvalue weighted by molar-refractivity contribution is -0.126. The van der Waals surface area contributed by atoms with Gasteiger partial charge >= 0.3 is 0 Å². The molecule has 1 aromatic rings. The monoisotopic (exact) mass is 324 g/mol. The number of anilines is 1. The van der Waals surface area contributed by atoms with Gasteiger partial charge in [-0.2, -0.15) is 0 Å². The largest absolute Gasteiger partial charge is 0.341 e. The maximum absolute atomic E-state index is 12.5. The first-order valence-corrected chi connectivity index (χ1v) is 7.42. The van der Waals surface area contributed by atoms with Gasteiger partial charge in [0.25, 0.3) is 5.91 Å². The molecule has 1 atom stereocenters. The smallest absolute Gasteiger partial charge is 0.254 e. The second kappa shape index (κ2) is 5.74. The van der Waals surface area contributed by atoms with Gasteiger partial charge < -0.3 is 10.2 Å². The van der Waals surface area contributed by atoms with Crippen LogP contribution in [0.3, 0.4) is 0 Å². The predicted octanol–water partition coefficient (Wildman–Crippen LogP) is 2.30. The molecular formula is C14H17BrN2O2. The number of rotatable bonds is 4. The van der Waals surface area contributed by atoms with E-state index < -0.39 is 6.04 Å². The highest BCUT2D eigenvalue weighted by Crippen LogP contribution is 2.38. The molecule has 1 heterocycles. The molecule has 1 aromatic carbocycles. The van der Waals surface area contributed by atoms with Crippen LogP contribution in [0.4, 0.5) is 5.69 Å². The highest BCUT2D eigenvalue weighted by atomic mass is 79.9. The van der Waals surface area contributed by atoms with Crippen molar-refractivity contribution in [1.82, 2.24) is 5.32 Å². The second-order valence-electron chi connectivity index (χ2n) is 4.68. The number of hydrogen-bond acceptors (Lipinski definition) is 2. The molecule has 4 nitrogen and oxygen atoms in total. The Morgan fingerprint density at radius 3 is 2.84 bits per heavy atom. The van der Waals surface area contributed by atoms with Crippen LogP contribution in [0.2, 0.25) is 0 Å². The molecule has 2 rings (SSSR count). The molecule has 102 valence electrons. The van der Waals surface area contributed by atoms with Crippen molar-refractivity contribution in [2.75, 3.05) is 16.8 Å². The SMILES string of the molecule is CC(=O)N[C@@H]1C(=O)N(CCCBr)c2c(C)cccc21. The molecular weight excluding hydrogens is 308 g/mol. The van der Waals surface area contributed by atoms with Gasteiger partial charge in [0.15, 0.2) is 0 Å². The maximum atomic E-state index is 12.5. The molecule has 5 heteroatoms. The number of fused-ring (bicyclic) bond motifs is 1. The summed E-state index contributed by atoms with van der Waals surface area (Å²) in [6, 6.07) is 5.28. The standard InChI is InChI=1S/C14H17BrN2O2/c1-9-5-3-6-11-12(16-10(2)18)14(19)17(13(9)11)8-4-7-15/h3,5-6,12H,4,7-8H2,1-2H3,(H,16,18)/t12-/m0/s1. The first-order chi connectivity index (χ1) is 9.06. The van der Waals surface area contributed by atoms with Crippen LogP contribution in [0.25, 0.3) is 0 Å². The summed E-state index contributed by atoms with van der Waals surface area (Å²) in [4.78, 5) is 25.5. The number of carbonyl (C=O) groups is 2. The van der Waals surface area contributed by atoms with E-state index in [0.717, 1.165) is 28.6 Å². The Kier molecular flexibility index (Phi) is 4.24. The van der Waals surface area contributed by atoms with Gasteiger partial charge in [0.05, 0.1) is 5.69 Å². The number of nitrogens with zero attached hydrogens (tertiary/aromatic N) is 1. The van der Waals surface area contributed by atoms with Gasteiger partial charge in [0, 0.05) is 24.4 Å². The molecule has 2 amide bonds. The van der Waals surface area contributed by atoms with E-state index in [2.05, 4.69) is 21.2 Å². The number of hydrogen-bond donors (Lipinski definition) is 1. The first kappa shape index (κ1) is 14.1. The number of halogens is 1. The molecule has 19 heavy (non-hydrogen) atoms. The minimum atomic E-state index is -0.539. The number of benzene rings is 1. The highest BCUT2D eigenvalue weighted by Gasteiger charge is 2.38. The summed E-state index contributed by atoms with van der Waals surface area (Å²) in [5.74, 6) is -0.228. The van der Waals surface area contributed by atoms with Crippen LogP contribution >= 0.6 is 15.9 Å². The summed E-state index contributed by atoms with van der Waals surface area (Å²) in [6.07, 6.45) is 0.881. The third-order valence-electron chi connectivity index (χ3n) is 3.23. The average Bonchev–Trinajstić information content (AvgIpc) is 2.62. The Bertz CT molecular complexity index is 516. The second-order valence-corrected chi connectivity index (χ2v) is 5.47. The molecule has 1 aliphatic heterocycles. The van der Waals surface area contributed by atoms with Gasteiger partial charge in [0.2, 0.25) is 5.91 Å². The van der Waals surface area contributed by atoms with E-state index in [1.807, 2.05) is 25.1 Å². The molecule has 0 aromatic heterocycles. The third-order valence-corrected chi connectivity index (χ3v) is 3.79. The number of carbonyl (C=O) groups excluding carboxylic acids is 2. The molecule has 0 saturated heterocycles. The van der Waals surface area contributed by atoms with Gasteiger partial charge in [-0.15, -0.1) is 0 Å². The highest BCUT2D eigenvalue weighted by molar-refractivity contribution is 9.09. The average molecular weight is 325 g/mol. The van der Waals surface area contributed by atoms with Crippen molar-refractivity contribution in [3.8, 4) is 0 Å². The third kappa shape index (κ3) is 2.66. The van der Waals surface area contributed by atoms with Gasteiger partial charge in [-0.25, -0.2) is 0 Å². The summed E-state index contributed by atoms with van der Waals surface area (Å²) in [5.41, 5.74) is 2.91. The molecule has 0 aliphatic carbocycles. The summed E-state index contributed by atoms with van der Waals surface area (Å²) >= 11 is 3.38. The van der Waals surface area contributed by atoms with Crippen LogP contribution in [0.5, 0.6) is 0 Å². The molecule has 0 unspecified atom stereocenters. The minimum Gasteiger partial charge on any atom is -0.341 e. The topological polar surface area (TPSA) is 49.4 Å². The summed E-state index contributed by atoms with van der Waals surface area (Å²) < 4.78 is 0. The van der Waals surface area contributed by atoms with Crippen LogP contribution in [0.1, 0.15) is 30.5 Å². The number of aryl methyl sites for hydroxylation is 1. The zero-order chi connectivity index (χ0) is 14.0. The molecule has 0 spiro atoms. The van der Waals surface area contributed by atoms with E-state index in [1.54, 1.807) is 4.90 Å². The van der Waals surface area contributed by atoms with Crippen LogP contribution in [0.15, 0.2) is 18.2 Å². The Hall–Kier alpha value is -1.36. The van der Waals surface area contributed by atoms with Gasteiger partial charge in [0.1, 0.15) is 6.04 Å². The lowest BCUT2D eigenvalue weighted by atomic mass is 10.1. The fourth-order valence-electron chi connectivity index (χ4n) is 2.46. The summed E-state index contributed by atoms with van der Waals surface area (Å²) in [7, 11) is 0. The molecule has 0 bridgehead atoms. The molecule has 1 N–H and O–H groups in total. The number of amides is 2. The lowest BCUT2D eigenvalue weighted by Crippen LogP contribution is -2.37. The quantitative estimate of drug-likeness (QED) is 0.864. The molecule has 0 saturated carbocycles. The van der Waals surface area contributed by atoms with Crippen LogP contribution in [0, 0.1) is 6.92 Å². The number of para-hydroxylation sites is 1. The predicted molar refractivity (Wildman–Crippen MR) is 78.5 cm³/mol. The van der Waals surface area contributed by atoms with E-state index in [0.29, 0.717) is 6.54 Å². The van der Waals surface area contributed by atoms with E-state index in [9.17, 15) is 9.59 Å². The van der Waals surface area contributed by atoms with Gasteiger partial charge in [-0.1, -0.05) is 34.1 Å². The zero-order valence-electron chi connectivity index (χ0n) is 11.1.